The average Bonchev–Trinajstić information content (AvgIpc) is 2.93. The van der Waals surface area contributed by atoms with Gasteiger partial charge in [-0.25, -0.2) is 4.68 Å². The smallest absolute Gasteiger partial charge is 0.129 e. The van der Waals surface area contributed by atoms with Gasteiger partial charge >= 0.3 is 0 Å². The van der Waals surface area contributed by atoms with E-state index in [9.17, 15) is 0 Å². The van der Waals surface area contributed by atoms with Crippen LogP contribution in [0.2, 0.25) is 0 Å². The molecule has 2 rings (SSSR count). The Hall–Kier alpha value is -2.03. The normalized spacial score (nSPS) is 11.4. The molecule has 0 amide bonds. The molecule has 124 valence electrons. The summed E-state index contributed by atoms with van der Waals surface area (Å²) in [5.74, 6) is 1.03. The molecule has 0 saturated heterocycles. The fourth-order valence-electron chi connectivity index (χ4n) is 2.49. The highest BCUT2D eigenvalue weighted by Crippen LogP contribution is 2.27. The molecule has 0 bridgehead atoms. The molecule has 0 aliphatic heterocycles. The molecule has 2 aromatic rings. The lowest BCUT2D eigenvalue weighted by atomic mass is 10.1. The van der Waals surface area contributed by atoms with Crippen molar-refractivity contribution in [1.82, 2.24) is 9.78 Å². The lowest BCUT2D eigenvalue weighted by molar-refractivity contribution is 0.362. The van der Waals surface area contributed by atoms with Gasteiger partial charge in [-0.2, -0.15) is 5.10 Å². The highest BCUT2D eigenvalue weighted by atomic mass is 15.4. The predicted molar refractivity (Wildman–Crippen MR) is 99.7 cm³/mol. The number of aryl methyl sites for hydroxylation is 1. The van der Waals surface area contributed by atoms with Crippen molar-refractivity contribution in [3.8, 4) is 11.3 Å². The third-order valence-electron chi connectivity index (χ3n) is 4.02. The maximum Gasteiger partial charge on any atom is 0.129 e. The van der Waals surface area contributed by atoms with Gasteiger partial charge in [-0.15, -0.1) is 0 Å². The Morgan fingerprint density at radius 3 is 2.26 bits per heavy atom. The lowest BCUT2D eigenvalue weighted by Gasteiger charge is -2.22. The van der Waals surface area contributed by atoms with Crippen LogP contribution in [-0.2, 0) is 5.54 Å². The van der Waals surface area contributed by atoms with Gasteiger partial charge in [0.25, 0.3) is 0 Å². The Morgan fingerprint density at radius 2 is 1.74 bits per heavy atom. The number of aromatic nitrogens is 2. The molecule has 3 nitrogen and oxygen atoms in total. The SMILES string of the molecule is CCC(=CNc1cc(-c2ccc(C)cc2)nn1C(C)(C)C)CC. The first-order chi connectivity index (χ1) is 10.8. The van der Waals surface area contributed by atoms with Gasteiger partial charge < -0.3 is 5.32 Å². The number of nitrogens with zero attached hydrogens (tertiary/aromatic N) is 2. The van der Waals surface area contributed by atoms with Crippen LogP contribution < -0.4 is 5.32 Å². The van der Waals surface area contributed by atoms with Gasteiger partial charge in [0.05, 0.1) is 11.2 Å². The number of nitrogens with one attached hydrogen (secondary N) is 1. The molecule has 0 radical (unpaired) electrons. The first-order valence-corrected chi connectivity index (χ1v) is 8.47. The summed E-state index contributed by atoms with van der Waals surface area (Å²) in [6.45, 7) is 13.0. The zero-order chi connectivity index (χ0) is 17.0. The number of benzene rings is 1. The minimum absolute atomic E-state index is 0.0717. The van der Waals surface area contributed by atoms with Crippen molar-refractivity contribution in [2.45, 2.75) is 59.9 Å². The summed E-state index contributed by atoms with van der Waals surface area (Å²) in [7, 11) is 0. The fourth-order valence-corrected chi connectivity index (χ4v) is 2.49. The maximum absolute atomic E-state index is 4.84. The summed E-state index contributed by atoms with van der Waals surface area (Å²) >= 11 is 0. The average molecular weight is 311 g/mol. The van der Waals surface area contributed by atoms with Crippen LogP contribution in [0.4, 0.5) is 5.82 Å². The molecule has 0 spiro atoms. The molecule has 1 heterocycles. The molecule has 3 heteroatoms. The second-order valence-electron chi connectivity index (χ2n) is 7.02. The van der Waals surface area contributed by atoms with Crippen LogP contribution >= 0.6 is 0 Å². The Morgan fingerprint density at radius 1 is 1.13 bits per heavy atom. The second kappa shape index (κ2) is 7.03. The molecule has 0 unspecified atom stereocenters. The molecular formula is C20H29N3. The fraction of sp³-hybridized carbons (Fsp3) is 0.450. The van der Waals surface area contributed by atoms with Crippen LogP contribution in [0, 0.1) is 6.92 Å². The number of anilines is 1. The van der Waals surface area contributed by atoms with Gasteiger partial charge in [0.1, 0.15) is 5.82 Å². The zero-order valence-corrected chi connectivity index (χ0v) is 15.3. The summed E-state index contributed by atoms with van der Waals surface area (Å²) in [5.41, 5.74) is 4.75. The van der Waals surface area contributed by atoms with Crippen molar-refractivity contribution in [3.05, 3.63) is 47.7 Å². The van der Waals surface area contributed by atoms with E-state index in [1.54, 1.807) is 0 Å². The van der Waals surface area contributed by atoms with Crippen molar-refractivity contribution >= 4 is 5.82 Å². The molecule has 0 aliphatic rings. The highest BCUT2D eigenvalue weighted by Gasteiger charge is 2.19. The molecule has 1 aromatic heterocycles. The van der Waals surface area contributed by atoms with E-state index >= 15 is 0 Å². The van der Waals surface area contributed by atoms with Gasteiger partial charge in [0, 0.05) is 17.8 Å². The molecule has 0 aliphatic carbocycles. The topological polar surface area (TPSA) is 29.9 Å². The number of hydrogen-bond donors (Lipinski definition) is 1. The van der Waals surface area contributed by atoms with Crippen molar-refractivity contribution in [1.29, 1.82) is 0 Å². The van der Waals surface area contributed by atoms with Crippen LogP contribution in [0.5, 0.6) is 0 Å². The zero-order valence-electron chi connectivity index (χ0n) is 15.3. The highest BCUT2D eigenvalue weighted by molar-refractivity contribution is 5.64. The Labute approximate surface area is 140 Å². The summed E-state index contributed by atoms with van der Waals surface area (Å²) < 4.78 is 2.07. The number of allylic oxidation sites excluding steroid dienone is 1. The van der Waals surface area contributed by atoms with E-state index in [0.29, 0.717) is 0 Å². The van der Waals surface area contributed by atoms with E-state index in [2.05, 4.69) is 88.1 Å². The van der Waals surface area contributed by atoms with Gasteiger partial charge in [-0.1, -0.05) is 49.2 Å². The van der Waals surface area contributed by atoms with Crippen molar-refractivity contribution in [2.24, 2.45) is 0 Å². The Kier molecular flexibility index (Phi) is 5.30. The molecular weight excluding hydrogens is 282 g/mol. The number of hydrogen-bond acceptors (Lipinski definition) is 2. The Balaban J connectivity index is 2.40. The standard InChI is InChI=1S/C20H29N3/c1-7-16(8-2)14-21-19-13-18(22-23(19)20(4,5)6)17-11-9-15(3)10-12-17/h9-14,21H,7-8H2,1-6H3. The van der Waals surface area contributed by atoms with Crippen molar-refractivity contribution < 1.29 is 0 Å². The van der Waals surface area contributed by atoms with Gasteiger partial charge in [-0.05, 0) is 40.5 Å². The van der Waals surface area contributed by atoms with Crippen molar-refractivity contribution in [3.63, 3.8) is 0 Å². The summed E-state index contributed by atoms with van der Waals surface area (Å²) in [6.07, 6.45) is 4.26. The maximum atomic E-state index is 4.84. The summed E-state index contributed by atoms with van der Waals surface area (Å²) in [6, 6.07) is 10.7. The van der Waals surface area contributed by atoms with E-state index in [4.69, 9.17) is 5.10 Å². The minimum Gasteiger partial charge on any atom is -0.347 e. The molecule has 23 heavy (non-hydrogen) atoms. The molecule has 0 saturated carbocycles. The van der Waals surface area contributed by atoms with Crippen LogP contribution in [-0.4, -0.2) is 9.78 Å². The van der Waals surface area contributed by atoms with E-state index in [1.807, 2.05) is 0 Å². The molecule has 0 atom stereocenters. The van der Waals surface area contributed by atoms with Crippen LogP contribution in [0.1, 0.15) is 53.0 Å². The van der Waals surface area contributed by atoms with Gasteiger partial charge in [0.15, 0.2) is 0 Å². The van der Waals surface area contributed by atoms with Crippen LogP contribution in [0.25, 0.3) is 11.3 Å². The lowest BCUT2D eigenvalue weighted by Crippen LogP contribution is -2.24. The number of rotatable bonds is 5. The van der Waals surface area contributed by atoms with Crippen LogP contribution in [0.15, 0.2) is 42.1 Å². The molecule has 1 aromatic carbocycles. The molecule has 1 N–H and O–H groups in total. The third-order valence-corrected chi connectivity index (χ3v) is 4.02. The first-order valence-electron chi connectivity index (χ1n) is 8.47. The first kappa shape index (κ1) is 17.3. The Bertz CT molecular complexity index is 664. The van der Waals surface area contributed by atoms with E-state index < -0.39 is 0 Å². The molecule has 0 fully saturated rings. The summed E-state index contributed by atoms with van der Waals surface area (Å²) in [4.78, 5) is 0. The monoisotopic (exact) mass is 311 g/mol. The van der Waals surface area contributed by atoms with Gasteiger partial charge in [0.2, 0.25) is 0 Å². The van der Waals surface area contributed by atoms with E-state index in [-0.39, 0.29) is 5.54 Å². The minimum atomic E-state index is -0.0717. The third kappa shape index (κ3) is 4.25. The second-order valence-corrected chi connectivity index (χ2v) is 7.02. The van der Waals surface area contributed by atoms with Crippen LogP contribution in [0.3, 0.4) is 0 Å². The quantitative estimate of drug-likeness (QED) is 0.764. The van der Waals surface area contributed by atoms with E-state index in [1.165, 1.54) is 11.1 Å². The van der Waals surface area contributed by atoms with Crippen molar-refractivity contribution in [2.75, 3.05) is 5.32 Å². The largest absolute Gasteiger partial charge is 0.347 e. The summed E-state index contributed by atoms with van der Waals surface area (Å²) in [5, 5.41) is 8.30. The van der Waals surface area contributed by atoms with Gasteiger partial charge in [-0.3, -0.25) is 0 Å². The van der Waals surface area contributed by atoms with E-state index in [0.717, 1.165) is 29.9 Å². The predicted octanol–water partition coefficient (Wildman–Crippen LogP) is 5.73.